The quantitative estimate of drug-likeness (QED) is 0.204. The van der Waals surface area contributed by atoms with Crippen molar-refractivity contribution >= 4 is 33.4 Å². The maximum atomic E-state index is 11.8. The Bertz CT molecular complexity index is 726. The number of nitrogens with zero attached hydrogens (tertiary/aromatic N) is 2. The summed E-state index contributed by atoms with van der Waals surface area (Å²) < 4.78 is 10.2. The molecule has 138 valence electrons. The van der Waals surface area contributed by atoms with Gasteiger partial charge in [-0.05, 0) is 41.0 Å². The van der Waals surface area contributed by atoms with Gasteiger partial charge in [0.2, 0.25) is 0 Å². The largest absolute Gasteiger partial charge is 0.513 e. The number of non-ortho nitro benzene ring substituents is 1. The van der Waals surface area contributed by atoms with Crippen LogP contribution in [-0.4, -0.2) is 27.9 Å². The topological polar surface area (TPSA) is 91.6 Å². The van der Waals surface area contributed by atoms with E-state index in [9.17, 15) is 14.9 Å². The fourth-order valence-corrected chi connectivity index (χ4v) is 4.35. The van der Waals surface area contributed by atoms with Gasteiger partial charge in [0.1, 0.15) is 17.4 Å². The van der Waals surface area contributed by atoms with Gasteiger partial charge in [-0.2, -0.15) is 0 Å². The number of benzene rings is 1. The molecule has 0 saturated carbocycles. The molecule has 1 heterocycles. The van der Waals surface area contributed by atoms with Crippen LogP contribution in [0.5, 0.6) is 5.75 Å². The van der Waals surface area contributed by atoms with E-state index in [2.05, 4.69) is 4.98 Å². The van der Waals surface area contributed by atoms with E-state index in [0.717, 1.165) is 5.03 Å². The molecule has 2 aromatic rings. The van der Waals surface area contributed by atoms with Crippen LogP contribution >= 0.6 is 21.6 Å². The summed E-state index contributed by atoms with van der Waals surface area (Å²) in [5, 5.41) is 11.6. The molecule has 0 bridgehead atoms. The van der Waals surface area contributed by atoms with Crippen LogP contribution < -0.4 is 4.74 Å². The van der Waals surface area contributed by atoms with E-state index in [1.165, 1.54) is 35.1 Å². The van der Waals surface area contributed by atoms with E-state index in [0.29, 0.717) is 0 Å². The Kier molecular flexibility index (Phi) is 7.73. The number of nitro benzene ring substituents is 1. The van der Waals surface area contributed by atoms with E-state index in [1.807, 2.05) is 32.0 Å². The molecule has 0 N–H and O–H groups in total. The first-order valence-corrected chi connectivity index (χ1v) is 10.0. The Hall–Kier alpha value is -2.26. The molecule has 0 unspecified atom stereocenters. The molecule has 0 amide bonds. The molecule has 0 spiro atoms. The van der Waals surface area contributed by atoms with Crippen LogP contribution in [0.3, 0.4) is 0 Å². The number of hydrogen-bond acceptors (Lipinski definition) is 8. The van der Waals surface area contributed by atoms with Crippen LogP contribution in [0.2, 0.25) is 0 Å². The van der Waals surface area contributed by atoms with E-state index in [-0.39, 0.29) is 29.2 Å². The number of aromatic nitrogens is 1. The number of carbonyl (C=O) groups excluding carboxylic acids is 1. The van der Waals surface area contributed by atoms with E-state index in [4.69, 9.17) is 9.47 Å². The van der Waals surface area contributed by atoms with Gasteiger partial charge in [-0.15, -0.1) is 0 Å². The van der Waals surface area contributed by atoms with Crippen molar-refractivity contribution in [3.05, 3.63) is 58.8 Å². The first-order valence-electron chi connectivity index (χ1n) is 7.79. The Morgan fingerprint density at radius 2 is 1.96 bits per heavy atom. The van der Waals surface area contributed by atoms with Gasteiger partial charge in [-0.25, -0.2) is 9.78 Å². The second-order valence-electron chi connectivity index (χ2n) is 5.54. The second kappa shape index (κ2) is 10.0. The lowest BCUT2D eigenvalue weighted by atomic mass is 10.1. The van der Waals surface area contributed by atoms with Gasteiger partial charge in [0, 0.05) is 18.3 Å². The molecule has 0 fully saturated rings. The third kappa shape index (κ3) is 6.57. The highest BCUT2D eigenvalue weighted by atomic mass is 33.1. The first kappa shape index (κ1) is 20.1. The highest BCUT2D eigenvalue weighted by Gasteiger charge is 2.19. The van der Waals surface area contributed by atoms with Gasteiger partial charge in [0.25, 0.3) is 5.69 Å². The van der Waals surface area contributed by atoms with Crippen LogP contribution in [0.1, 0.15) is 13.8 Å². The Morgan fingerprint density at radius 3 is 2.54 bits per heavy atom. The Balaban J connectivity index is 1.81. The van der Waals surface area contributed by atoms with Gasteiger partial charge in [0.15, 0.2) is 0 Å². The predicted octanol–water partition coefficient (Wildman–Crippen LogP) is 4.97. The zero-order chi connectivity index (χ0) is 18.9. The average Bonchev–Trinajstić information content (AvgIpc) is 2.62. The highest BCUT2D eigenvalue weighted by Crippen LogP contribution is 2.36. The normalized spacial score (nSPS) is 11.8. The summed E-state index contributed by atoms with van der Waals surface area (Å²) in [4.78, 5) is 26.2. The zero-order valence-electron chi connectivity index (χ0n) is 14.2. The van der Waals surface area contributed by atoms with Crippen LogP contribution in [0.4, 0.5) is 10.5 Å². The van der Waals surface area contributed by atoms with Crippen LogP contribution in [-0.2, 0) is 4.74 Å². The van der Waals surface area contributed by atoms with Gasteiger partial charge in [0.05, 0.1) is 10.2 Å². The maximum Gasteiger partial charge on any atom is 0.513 e. The molecule has 9 heteroatoms. The SMILES string of the molecule is CC(C)[C@@H](COC(=O)Oc1ccc([N+](=O)[O-])cc1)SSc1ccccn1. The monoisotopic (exact) mass is 394 g/mol. The fourth-order valence-electron chi connectivity index (χ4n) is 1.75. The van der Waals surface area contributed by atoms with E-state index in [1.54, 1.807) is 17.0 Å². The zero-order valence-corrected chi connectivity index (χ0v) is 15.9. The van der Waals surface area contributed by atoms with Gasteiger partial charge in [-0.3, -0.25) is 10.1 Å². The van der Waals surface area contributed by atoms with Crippen LogP contribution in [0.15, 0.2) is 53.7 Å². The number of carbonyl (C=O) groups is 1. The average molecular weight is 394 g/mol. The molecule has 0 aliphatic carbocycles. The highest BCUT2D eigenvalue weighted by molar-refractivity contribution is 8.76. The molecule has 0 saturated heterocycles. The van der Waals surface area contributed by atoms with Gasteiger partial charge in [-0.1, -0.05) is 30.7 Å². The minimum Gasteiger partial charge on any atom is -0.433 e. The number of pyridine rings is 1. The summed E-state index contributed by atoms with van der Waals surface area (Å²) in [6, 6.07) is 10.9. The van der Waals surface area contributed by atoms with Crippen LogP contribution in [0.25, 0.3) is 0 Å². The van der Waals surface area contributed by atoms with Crippen LogP contribution in [0, 0.1) is 16.0 Å². The van der Waals surface area contributed by atoms with Crippen molar-refractivity contribution < 1.29 is 19.2 Å². The van der Waals surface area contributed by atoms with Crippen molar-refractivity contribution in [2.24, 2.45) is 5.92 Å². The molecule has 0 radical (unpaired) electrons. The van der Waals surface area contributed by atoms with Crippen molar-refractivity contribution in [2.75, 3.05) is 6.61 Å². The Morgan fingerprint density at radius 1 is 1.23 bits per heavy atom. The molecular weight excluding hydrogens is 376 g/mol. The third-order valence-electron chi connectivity index (χ3n) is 3.25. The summed E-state index contributed by atoms with van der Waals surface area (Å²) in [5.41, 5.74) is -0.0754. The standard InChI is InChI=1S/C17H18N2O5S2/c1-12(2)15(25-26-16-5-3-4-10-18-16)11-23-17(20)24-14-8-6-13(7-9-14)19(21)22/h3-10,12,15H,11H2,1-2H3/t15-/m1/s1. The summed E-state index contributed by atoms with van der Waals surface area (Å²) in [5.74, 6) is 0.473. The lowest BCUT2D eigenvalue weighted by Crippen LogP contribution is -2.22. The smallest absolute Gasteiger partial charge is 0.433 e. The van der Waals surface area contributed by atoms with E-state index >= 15 is 0 Å². The molecule has 7 nitrogen and oxygen atoms in total. The maximum absolute atomic E-state index is 11.8. The molecule has 1 atom stereocenters. The lowest BCUT2D eigenvalue weighted by molar-refractivity contribution is -0.384. The lowest BCUT2D eigenvalue weighted by Gasteiger charge is -2.19. The number of rotatable bonds is 8. The van der Waals surface area contributed by atoms with Gasteiger partial charge < -0.3 is 9.47 Å². The number of nitro groups is 1. The number of hydrogen-bond donors (Lipinski definition) is 0. The third-order valence-corrected chi connectivity index (χ3v) is 6.23. The van der Waals surface area contributed by atoms with E-state index < -0.39 is 11.1 Å². The molecule has 0 aliphatic heterocycles. The first-order chi connectivity index (χ1) is 12.5. The molecule has 0 aliphatic rings. The molecule has 26 heavy (non-hydrogen) atoms. The summed E-state index contributed by atoms with van der Waals surface area (Å²) in [7, 11) is 3.11. The second-order valence-corrected chi connectivity index (χ2v) is 8.00. The summed E-state index contributed by atoms with van der Waals surface area (Å²) >= 11 is 0. The molecule has 1 aromatic carbocycles. The minimum absolute atomic E-state index is 0.0615. The van der Waals surface area contributed by atoms with Crippen molar-refractivity contribution in [1.82, 2.24) is 4.98 Å². The van der Waals surface area contributed by atoms with Crippen molar-refractivity contribution in [1.29, 1.82) is 0 Å². The van der Waals surface area contributed by atoms with Crippen molar-refractivity contribution in [2.45, 2.75) is 24.1 Å². The number of ether oxygens (including phenoxy) is 2. The predicted molar refractivity (Wildman–Crippen MR) is 101 cm³/mol. The fraction of sp³-hybridized carbons (Fsp3) is 0.294. The van der Waals surface area contributed by atoms with Gasteiger partial charge >= 0.3 is 6.16 Å². The minimum atomic E-state index is -0.840. The molecule has 1 aromatic heterocycles. The summed E-state index contributed by atoms with van der Waals surface area (Å²) in [6.07, 6.45) is 0.888. The molecular formula is C17H18N2O5S2. The summed E-state index contributed by atoms with van der Waals surface area (Å²) in [6.45, 7) is 4.28. The molecule has 2 rings (SSSR count). The van der Waals surface area contributed by atoms with Crippen molar-refractivity contribution in [3.63, 3.8) is 0 Å². The van der Waals surface area contributed by atoms with Crippen molar-refractivity contribution in [3.8, 4) is 5.75 Å². The Labute approximate surface area is 159 Å².